The Hall–Kier alpha value is -1.62. The number of hydrogen-bond donors (Lipinski definition) is 3. The first-order chi connectivity index (χ1) is 8.81. The summed E-state index contributed by atoms with van der Waals surface area (Å²) in [6.45, 7) is -0.431. The van der Waals surface area contributed by atoms with Crippen LogP contribution in [0, 0.1) is 11.3 Å². The summed E-state index contributed by atoms with van der Waals surface area (Å²) >= 11 is 0. The van der Waals surface area contributed by atoms with Gasteiger partial charge in [0.05, 0.1) is 23.3 Å². The molecule has 104 valence electrons. The lowest BCUT2D eigenvalue weighted by molar-refractivity contribution is -0.137. The van der Waals surface area contributed by atoms with Gasteiger partial charge in [-0.15, -0.1) is 0 Å². The maximum absolute atomic E-state index is 12.5. The van der Waals surface area contributed by atoms with Crippen LogP contribution in [0.4, 0.5) is 13.2 Å². The fourth-order valence-electron chi connectivity index (χ4n) is 1.58. The molecule has 1 aromatic rings. The summed E-state index contributed by atoms with van der Waals surface area (Å²) in [6, 6.07) is 3.95. The lowest BCUT2D eigenvalue weighted by Crippen LogP contribution is -2.21. The molecule has 0 saturated carbocycles. The molecule has 0 saturated heterocycles. The second-order valence-corrected chi connectivity index (χ2v) is 3.94. The molecule has 19 heavy (non-hydrogen) atoms. The lowest BCUT2D eigenvalue weighted by Gasteiger charge is -2.19. The minimum Gasteiger partial charge on any atom is -0.396 e. The summed E-state index contributed by atoms with van der Waals surface area (Å²) in [6.07, 6.45) is -7.92. The molecule has 7 heteroatoms. The Labute approximate surface area is 107 Å². The van der Waals surface area contributed by atoms with Gasteiger partial charge in [-0.3, -0.25) is 0 Å². The van der Waals surface area contributed by atoms with E-state index in [9.17, 15) is 23.4 Å². The van der Waals surface area contributed by atoms with Crippen LogP contribution >= 0.6 is 0 Å². The molecule has 0 heterocycles. The monoisotopic (exact) mass is 275 g/mol. The normalized spacial score (nSPS) is 14.8. The smallest absolute Gasteiger partial charge is 0.396 e. The Kier molecular flexibility index (Phi) is 4.89. The predicted octanol–water partition coefficient (Wildman–Crippen LogP) is 1.35. The van der Waals surface area contributed by atoms with E-state index in [1.165, 1.54) is 0 Å². The Balaban J connectivity index is 3.20. The number of halogens is 3. The van der Waals surface area contributed by atoms with E-state index in [-0.39, 0.29) is 17.5 Å². The van der Waals surface area contributed by atoms with E-state index in [4.69, 9.17) is 10.4 Å². The van der Waals surface area contributed by atoms with Gasteiger partial charge >= 0.3 is 6.18 Å². The largest absolute Gasteiger partial charge is 0.416 e. The lowest BCUT2D eigenvalue weighted by atomic mass is 9.95. The molecule has 1 aromatic carbocycles. The van der Waals surface area contributed by atoms with Crippen LogP contribution in [0.5, 0.6) is 0 Å². The number of aliphatic hydroxyl groups is 3. The Morgan fingerprint density at radius 1 is 1.26 bits per heavy atom. The van der Waals surface area contributed by atoms with Crippen LogP contribution in [0.1, 0.15) is 29.2 Å². The number of hydrogen-bond acceptors (Lipinski definition) is 4. The van der Waals surface area contributed by atoms with E-state index in [0.29, 0.717) is 6.07 Å². The van der Waals surface area contributed by atoms with Crippen molar-refractivity contribution in [2.24, 2.45) is 0 Å². The summed E-state index contributed by atoms with van der Waals surface area (Å²) in [5.41, 5.74) is -1.48. The van der Waals surface area contributed by atoms with Gasteiger partial charge in [-0.05, 0) is 24.6 Å². The van der Waals surface area contributed by atoms with Crippen LogP contribution in [-0.4, -0.2) is 28.0 Å². The summed E-state index contributed by atoms with van der Waals surface area (Å²) in [4.78, 5) is 0. The van der Waals surface area contributed by atoms with Crippen molar-refractivity contribution in [2.75, 3.05) is 6.61 Å². The second-order valence-electron chi connectivity index (χ2n) is 3.94. The summed E-state index contributed by atoms with van der Waals surface area (Å²) < 4.78 is 37.6. The summed E-state index contributed by atoms with van der Waals surface area (Å²) in [5.74, 6) is 0. The molecule has 4 nitrogen and oxygen atoms in total. The molecule has 0 amide bonds. The van der Waals surface area contributed by atoms with Crippen molar-refractivity contribution in [1.29, 1.82) is 5.26 Å². The third kappa shape index (κ3) is 3.67. The zero-order valence-electron chi connectivity index (χ0n) is 9.72. The Morgan fingerprint density at radius 3 is 2.37 bits per heavy atom. The topological polar surface area (TPSA) is 84.5 Å². The van der Waals surface area contributed by atoms with Crippen molar-refractivity contribution in [1.82, 2.24) is 0 Å². The van der Waals surface area contributed by atoms with Gasteiger partial charge in [0.25, 0.3) is 0 Å². The average molecular weight is 275 g/mol. The van der Waals surface area contributed by atoms with E-state index in [2.05, 4.69) is 0 Å². The highest BCUT2D eigenvalue weighted by Crippen LogP contribution is 2.33. The third-order valence-electron chi connectivity index (χ3n) is 2.61. The number of rotatable bonds is 4. The first kappa shape index (κ1) is 15.4. The zero-order valence-corrected chi connectivity index (χ0v) is 9.72. The molecule has 0 spiro atoms. The van der Waals surface area contributed by atoms with Crippen LogP contribution in [0.2, 0.25) is 0 Å². The molecule has 3 N–H and O–H groups in total. The van der Waals surface area contributed by atoms with E-state index >= 15 is 0 Å². The number of nitrogens with zero attached hydrogens (tertiary/aromatic N) is 1. The standard InChI is InChI=1S/C12H12F3NO3/c13-12(14,15)8-2-1-7(6-16)9(5-8)11(19)10(18)3-4-17/h1-2,5,10-11,17-19H,3-4H2. The molecule has 0 aliphatic rings. The van der Waals surface area contributed by atoms with Gasteiger partial charge in [0, 0.05) is 12.2 Å². The second kappa shape index (κ2) is 6.02. The number of nitriles is 1. The van der Waals surface area contributed by atoms with E-state index in [1.54, 1.807) is 6.07 Å². The molecule has 0 radical (unpaired) electrons. The number of aliphatic hydroxyl groups excluding tert-OH is 3. The zero-order chi connectivity index (χ0) is 14.6. The maximum atomic E-state index is 12.5. The first-order valence-corrected chi connectivity index (χ1v) is 5.39. The molecule has 2 unspecified atom stereocenters. The van der Waals surface area contributed by atoms with Gasteiger partial charge < -0.3 is 15.3 Å². The molecule has 0 fully saturated rings. The van der Waals surface area contributed by atoms with Crippen LogP contribution in [0.3, 0.4) is 0 Å². The van der Waals surface area contributed by atoms with Gasteiger partial charge in [0.1, 0.15) is 6.10 Å². The average Bonchev–Trinajstić information content (AvgIpc) is 2.36. The number of benzene rings is 1. The number of alkyl halides is 3. The van der Waals surface area contributed by atoms with Gasteiger partial charge in [-0.2, -0.15) is 18.4 Å². The van der Waals surface area contributed by atoms with Gasteiger partial charge in [-0.25, -0.2) is 0 Å². The van der Waals surface area contributed by atoms with Crippen molar-refractivity contribution in [2.45, 2.75) is 24.8 Å². The van der Waals surface area contributed by atoms with Crippen molar-refractivity contribution < 1.29 is 28.5 Å². The highest BCUT2D eigenvalue weighted by molar-refractivity contribution is 5.42. The molecule has 1 rings (SSSR count). The Bertz CT molecular complexity index is 482. The predicted molar refractivity (Wildman–Crippen MR) is 58.8 cm³/mol. The first-order valence-electron chi connectivity index (χ1n) is 5.39. The molecule has 0 aliphatic carbocycles. The molecule has 2 atom stereocenters. The van der Waals surface area contributed by atoms with Crippen LogP contribution in [-0.2, 0) is 6.18 Å². The third-order valence-corrected chi connectivity index (χ3v) is 2.61. The summed E-state index contributed by atoms with van der Waals surface area (Å²) in [5, 5.41) is 36.7. The van der Waals surface area contributed by atoms with E-state index < -0.39 is 30.6 Å². The van der Waals surface area contributed by atoms with Crippen molar-refractivity contribution in [3.8, 4) is 6.07 Å². The van der Waals surface area contributed by atoms with Crippen molar-refractivity contribution in [3.05, 3.63) is 34.9 Å². The van der Waals surface area contributed by atoms with Crippen molar-refractivity contribution in [3.63, 3.8) is 0 Å². The van der Waals surface area contributed by atoms with Gasteiger partial charge in [0.15, 0.2) is 0 Å². The molecular formula is C12H12F3NO3. The SMILES string of the molecule is N#Cc1ccc(C(F)(F)F)cc1C(O)C(O)CCO. The van der Waals surface area contributed by atoms with Gasteiger partial charge in [-0.1, -0.05) is 0 Å². The summed E-state index contributed by atoms with van der Waals surface area (Å²) in [7, 11) is 0. The van der Waals surface area contributed by atoms with Crippen LogP contribution in [0.25, 0.3) is 0 Å². The Morgan fingerprint density at radius 2 is 1.89 bits per heavy atom. The molecule has 0 bridgehead atoms. The minimum absolute atomic E-state index is 0.155. The van der Waals surface area contributed by atoms with Crippen LogP contribution in [0.15, 0.2) is 18.2 Å². The maximum Gasteiger partial charge on any atom is 0.416 e. The quantitative estimate of drug-likeness (QED) is 0.774. The van der Waals surface area contributed by atoms with E-state index in [0.717, 1.165) is 12.1 Å². The van der Waals surface area contributed by atoms with Crippen molar-refractivity contribution >= 4 is 0 Å². The highest BCUT2D eigenvalue weighted by Gasteiger charge is 2.32. The molecular weight excluding hydrogens is 263 g/mol. The molecule has 0 aliphatic heterocycles. The fraction of sp³-hybridized carbons (Fsp3) is 0.417. The van der Waals surface area contributed by atoms with Gasteiger partial charge in [0.2, 0.25) is 0 Å². The fourth-order valence-corrected chi connectivity index (χ4v) is 1.58. The highest BCUT2D eigenvalue weighted by atomic mass is 19.4. The molecule has 0 aromatic heterocycles. The van der Waals surface area contributed by atoms with E-state index in [1.807, 2.05) is 0 Å². The van der Waals surface area contributed by atoms with Crippen LogP contribution < -0.4 is 0 Å². The minimum atomic E-state index is -4.61.